The van der Waals surface area contributed by atoms with E-state index < -0.39 is 17.8 Å². The van der Waals surface area contributed by atoms with E-state index in [-0.39, 0.29) is 24.6 Å². The summed E-state index contributed by atoms with van der Waals surface area (Å²) in [6.45, 7) is 3.67. The quantitative estimate of drug-likeness (QED) is 0.794. The van der Waals surface area contributed by atoms with Crippen LogP contribution in [0.25, 0.3) is 0 Å². The Bertz CT molecular complexity index is 667. The highest BCUT2D eigenvalue weighted by Crippen LogP contribution is 2.43. The van der Waals surface area contributed by atoms with E-state index in [1.165, 1.54) is 14.2 Å². The van der Waals surface area contributed by atoms with E-state index in [1.54, 1.807) is 19.1 Å². The number of esters is 1. The number of Topliss-reactive ketones (excluding diaryl/α,β-unsaturated/α-hetero) is 1. The van der Waals surface area contributed by atoms with Crippen molar-refractivity contribution in [2.45, 2.75) is 44.5 Å². The minimum absolute atomic E-state index is 0.0941. The summed E-state index contributed by atoms with van der Waals surface area (Å²) in [5, 5.41) is 0. The van der Waals surface area contributed by atoms with Gasteiger partial charge in [-0.3, -0.25) is 9.59 Å². The summed E-state index contributed by atoms with van der Waals surface area (Å²) >= 11 is 0. The first-order valence-corrected chi connectivity index (χ1v) is 7.51. The topological polar surface area (TPSA) is 71.1 Å². The first-order valence-electron chi connectivity index (χ1n) is 7.51. The molecule has 23 heavy (non-hydrogen) atoms. The second-order valence-electron chi connectivity index (χ2n) is 6.24. The second kappa shape index (κ2) is 5.53. The third kappa shape index (κ3) is 2.57. The fourth-order valence-corrected chi connectivity index (χ4v) is 3.35. The monoisotopic (exact) mass is 320 g/mol. The van der Waals surface area contributed by atoms with Crippen molar-refractivity contribution in [2.75, 3.05) is 14.2 Å². The van der Waals surface area contributed by atoms with Crippen LogP contribution < -0.4 is 9.47 Å². The lowest BCUT2D eigenvalue weighted by Crippen LogP contribution is -2.53. The number of benzene rings is 1. The first-order chi connectivity index (χ1) is 10.9. The van der Waals surface area contributed by atoms with Crippen molar-refractivity contribution in [1.82, 2.24) is 0 Å². The lowest BCUT2D eigenvalue weighted by Gasteiger charge is -2.40. The van der Waals surface area contributed by atoms with Crippen molar-refractivity contribution in [1.29, 1.82) is 0 Å². The number of fused-ring (bicyclic) bond motifs is 1. The van der Waals surface area contributed by atoms with Gasteiger partial charge in [0.1, 0.15) is 23.2 Å². The number of carbonyl (C=O) groups excluding carboxylic acids is 2. The van der Waals surface area contributed by atoms with Crippen LogP contribution in [0.2, 0.25) is 0 Å². The zero-order valence-electron chi connectivity index (χ0n) is 13.7. The van der Waals surface area contributed by atoms with E-state index in [9.17, 15) is 9.59 Å². The van der Waals surface area contributed by atoms with Crippen LogP contribution >= 0.6 is 0 Å². The van der Waals surface area contributed by atoms with Crippen LogP contribution in [0.5, 0.6) is 11.5 Å². The molecule has 2 aliphatic heterocycles. The van der Waals surface area contributed by atoms with Gasteiger partial charge in [0.2, 0.25) is 0 Å². The highest BCUT2D eigenvalue weighted by Gasteiger charge is 2.53. The Labute approximate surface area is 134 Å². The Morgan fingerprint density at radius 3 is 2.65 bits per heavy atom. The molecule has 6 nitrogen and oxygen atoms in total. The van der Waals surface area contributed by atoms with Gasteiger partial charge in [-0.05, 0) is 31.5 Å². The molecule has 0 spiro atoms. The molecular formula is C17H20O6. The number of hydrogen-bond acceptors (Lipinski definition) is 6. The maximum Gasteiger partial charge on any atom is 0.309 e. The Morgan fingerprint density at radius 1 is 1.26 bits per heavy atom. The summed E-state index contributed by atoms with van der Waals surface area (Å²) < 4.78 is 22.2. The van der Waals surface area contributed by atoms with Gasteiger partial charge in [0.25, 0.3) is 0 Å². The van der Waals surface area contributed by atoms with Gasteiger partial charge in [-0.1, -0.05) is 0 Å². The number of methoxy groups -OCH3 is 2. The van der Waals surface area contributed by atoms with E-state index in [4.69, 9.17) is 18.9 Å². The zero-order valence-corrected chi connectivity index (χ0v) is 13.7. The molecule has 3 atom stereocenters. The average molecular weight is 320 g/mol. The molecule has 6 heteroatoms. The summed E-state index contributed by atoms with van der Waals surface area (Å²) in [6.07, 6.45) is -0.785. The molecule has 0 aromatic heterocycles. The molecule has 0 saturated carbocycles. The fraction of sp³-hybridized carbons (Fsp3) is 0.529. The highest BCUT2D eigenvalue weighted by atomic mass is 16.6. The maximum absolute atomic E-state index is 12.7. The molecule has 0 radical (unpaired) electrons. The lowest BCUT2D eigenvalue weighted by molar-refractivity contribution is -0.153. The molecule has 0 aliphatic carbocycles. The zero-order chi connectivity index (χ0) is 16.8. The van der Waals surface area contributed by atoms with E-state index >= 15 is 0 Å². The molecule has 0 bridgehead atoms. The summed E-state index contributed by atoms with van der Waals surface area (Å²) in [5.41, 5.74) is 0.397. The minimum Gasteiger partial charge on any atom is -0.496 e. The predicted octanol–water partition coefficient (Wildman–Crippen LogP) is 2.06. The average Bonchev–Trinajstić information content (AvgIpc) is 2.87. The molecule has 2 heterocycles. The molecule has 124 valence electrons. The third-order valence-electron chi connectivity index (χ3n) is 4.43. The minimum atomic E-state index is -0.963. The molecule has 1 saturated heterocycles. The van der Waals surface area contributed by atoms with Crippen LogP contribution in [0.3, 0.4) is 0 Å². The van der Waals surface area contributed by atoms with Gasteiger partial charge in [0, 0.05) is 7.11 Å². The smallest absolute Gasteiger partial charge is 0.309 e. The third-order valence-corrected chi connectivity index (χ3v) is 4.43. The summed E-state index contributed by atoms with van der Waals surface area (Å²) in [6, 6.07) is 3.60. The number of hydrogen-bond donors (Lipinski definition) is 0. The highest BCUT2D eigenvalue weighted by molar-refractivity contribution is 6.03. The SMILES string of the molecule is COc1cc(C)cc2c1C(=O)C[C@@](C)([C@H]1OC(=O)C[C@@H]1OC)O2. The van der Waals surface area contributed by atoms with Gasteiger partial charge in [-0.25, -0.2) is 0 Å². The number of cyclic esters (lactones) is 1. The van der Waals surface area contributed by atoms with Crippen molar-refractivity contribution in [3.63, 3.8) is 0 Å². The van der Waals surface area contributed by atoms with Crippen molar-refractivity contribution in [2.24, 2.45) is 0 Å². The van der Waals surface area contributed by atoms with Gasteiger partial charge in [0.15, 0.2) is 17.5 Å². The molecule has 0 amide bonds. The maximum atomic E-state index is 12.7. The largest absolute Gasteiger partial charge is 0.496 e. The molecule has 0 N–H and O–H groups in total. The Balaban J connectivity index is 2.01. The van der Waals surface area contributed by atoms with Crippen molar-refractivity contribution in [3.8, 4) is 11.5 Å². The van der Waals surface area contributed by atoms with Crippen LogP contribution in [0, 0.1) is 6.92 Å². The van der Waals surface area contributed by atoms with Crippen LogP contribution in [0.4, 0.5) is 0 Å². The number of ether oxygens (including phenoxy) is 4. The first kappa shape index (κ1) is 15.8. The van der Waals surface area contributed by atoms with Gasteiger partial charge in [-0.2, -0.15) is 0 Å². The summed E-state index contributed by atoms with van der Waals surface area (Å²) in [5.74, 6) is 0.521. The molecule has 0 unspecified atom stereocenters. The number of carbonyl (C=O) groups is 2. The van der Waals surface area contributed by atoms with Crippen LogP contribution in [0.1, 0.15) is 35.7 Å². The molecule has 1 aromatic rings. The van der Waals surface area contributed by atoms with E-state index in [0.717, 1.165) is 5.56 Å². The number of ketones is 1. The molecule has 1 fully saturated rings. The van der Waals surface area contributed by atoms with Crippen LogP contribution in [-0.2, 0) is 14.3 Å². The summed E-state index contributed by atoms with van der Waals surface area (Å²) in [7, 11) is 3.05. The predicted molar refractivity (Wildman–Crippen MR) is 81.0 cm³/mol. The molecule has 1 aromatic carbocycles. The lowest BCUT2D eigenvalue weighted by atomic mass is 9.84. The number of rotatable bonds is 3. The van der Waals surface area contributed by atoms with Gasteiger partial charge >= 0.3 is 5.97 Å². The molecule has 2 aliphatic rings. The standard InChI is InChI=1S/C17H20O6/c1-9-5-11(20-3)15-10(18)8-17(2,23-12(15)6-9)16-13(21-4)7-14(19)22-16/h5-6,13,16H,7-8H2,1-4H3/t13-,16-,17-/m0/s1. The Morgan fingerprint density at radius 2 is 2.00 bits per heavy atom. The van der Waals surface area contributed by atoms with E-state index in [1.807, 2.05) is 6.92 Å². The van der Waals surface area contributed by atoms with Crippen molar-refractivity contribution in [3.05, 3.63) is 23.3 Å². The summed E-state index contributed by atoms with van der Waals surface area (Å²) in [4.78, 5) is 24.3. The van der Waals surface area contributed by atoms with Crippen LogP contribution in [-0.4, -0.2) is 43.8 Å². The Kier molecular flexibility index (Phi) is 3.80. The normalized spacial score (nSPS) is 29.7. The van der Waals surface area contributed by atoms with Gasteiger partial charge in [-0.15, -0.1) is 0 Å². The van der Waals surface area contributed by atoms with Gasteiger partial charge < -0.3 is 18.9 Å². The molecule has 3 rings (SSSR count). The van der Waals surface area contributed by atoms with E-state index in [2.05, 4.69) is 0 Å². The van der Waals surface area contributed by atoms with E-state index in [0.29, 0.717) is 17.1 Å². The molecular weight excluding hydrogens is 300 g/mol. The fourth-order valence-electron chi connectivity index (χ4n) is 3.35. The Hall–Kier alpha value is -2.08. The number of aryl methyl sites for hydroxylation is 1. The van der Waals surface area contributed by atoms with Crippen LogP contribution in [0.15, 0.2) is 12.1 Å². The second-order valence-corrected chi connectivity index (χ2v) is 6.24. The van der Waals surface area contributed by atoms with Gasteiger partial charge in [0.05, 0.1) is 20.0 Å². The van der Waals surface area contributed by atoms with Crippen molar-refractivity contribution < 1.29 is 28.5 Å². The van der Waals surface area contributed by atoms with Crippen molar-refractivity contribution >= 4 is 11.8 Å².